The first-order chi connectivity index (χ1) is 10.2. The minimum atomic E-state index is 0.190. The van der Waals surface area contributed by atoms with Gasteiger partial charge in [-0.05, 0) is 36.4 Å². The van der Waals surface area contributed by atoms with Crippen LogP contribution in [0.4, 0.5) is 5.82 Å². The number of hydrogen-bond acceptors (Lipinski definition) is 4. The van der Waals surface area contributed by atoms with Crippen molar-refractivity contribution in [2.24, 2.45) is 0 Å². The Bertz CT molecular complexity index is 733. The molecule has 0 fully saturated rings. The first-order valence-corrected chi connectivity index (χ1v) is 6.17. The van der Waals surface area contributed by atoms with Gasteiger partial charge in [-0.3, -0.25) is 5.10 Å². The molecule has 5 nitrogen and oxygen atoms in total. The molecule has 0 aliphatic carbocycles. The van der Waals surface area contributed by atoms with Crippen LogP contribution in [0.2, 0.25) is 0 Å². The van der Waals surface area contributed by atoms with Crippen molar-refractivity contribution < 1.29 is 4.74 Å². The first-order valence-electron chi connectivity index (χ1n) is 6.17. The van der Waals surface area contributed by atoms with Gasteiger partial charge in [0.1, 0.15) is 23.1 Å². The number of allylic oxidation sites excluding steroid dienone is 3. The summed E-state index contributed by atoms with van der Waals surface area (Å²) in [5.41, 5.74) is 7.35. The molecule has 21 heavy (non-hydrogen) atoms. The van der Waals surface area contributed by atoms with Gasteiger partial charge in [-0.1, -0.05) is 19.2 Å². The van der Waals surface area contributed by atoms with Crippen molar-refractivity contribution in [3.05, 3.63) is 67.0 Å². The topological polar surface area (TPSA) is 87.7 Å². The lowest BCUT2D eigenvalue weighted by Crippen LogP contribution is -1.91. The van der Waals surface area contributed by atoms with Crippen LogP contribution < -0.4 is 10.5 Å². The highest BCUT2D eigenvalue weighted by atomic mass is 16.5. The van der Waals surface area contributed by atoms with Crippen LogP contribution in [0.1, 0.15) is 5.56 Å². The lowest BCUT2D eigenvalue weighted by molar-refractivity contribution is 0.445. The van der Waals surface area contributed by atoms with Gasteiger partial charge in [0.15, 0.2) is 5.82 Å². The third-order valence-corrected chi connectivity index (χ3v) is 2.77. The van der Waals surface area contributed by atoms with Gasteiger partial charge in [-0.2, -0.15) is 10.4 Å². The number of aromatic nitrogens is 2. The second-order valence-electron chi connectivity index (χ2n) is 4.11. The number of nitrogens with zero attached hydrogens (tertiary/aromatic N) is 2. The Kier molecular flexibility index (Phi) is 4.22. The van der Waals surface area contributed by atoms with E-state index in [2.05, 4.69) is 23.4 Å². The number of aromatic amines is 1. The maximum absolute atomic E-state index is 9.07. The zero-order valence-electron chi connectivity index (χ0n) is 11.3. The van der Waals surface area contributed by atoms with Crippen LogP contribution in [0.3, 0.4) is 0 Å². The molecular weight excluding hydrogens is 264 g/mol. The van der Waals surface area contributed by atoms with Gasteiger partial charge in [0.2, 0.25) is 0 Å². The fraction of sp³-hybridized carbons (Fsp3) is 0. The summed E-state index contributed by atoms with van der Waals surface area (Å²) >= 11 is 0. The molecule has 0 atom stereocenters. The van der Waals surface area contributed by atoms with Crippen molar-refractivity contribution >= 4 is 5.82 Å². The number of nitrogens with one attached hydrogen (secondary N) is 1. The molecule has 0 saturated carbocycles. The van der Waals surface area contributed by atoms with Gasteiger partial charge in [-0.15, -0.1) is 0 Å². The van der Waals surface area contributed by atoms with Gasteiger partial charge < -0.3 is 10.5 Å². The van der Waals surface area contributed by atoms with E-state index in [-0.39, 0.29) is 5.82 Å². The lowest BCUT2D eigenvalue weighted by atomic mass is 10.1. The zero-order valence-corrected chi connectivity index (χ0v) is 11.3. The summed E-state index contributed by atoms with van der Waals surface area (Å²) in [5, 5.41) is 15.7. The van der Waals surface area contributed by atoms with E-state index >= 15 is 0 Å². The molecule has 0 spiro atoms. The Morgan fingerprint density at radius 3 is 2.62 bits per heavy atom. The fourth-order valence-electron chi connectivity index (χ4n) is 1.76. The quantitative estimate of drug-likeness (QED) is 0.649. The molecule has 0 saturated heterocycles. The molecule has 0 amide bonds. The first kappa shape index (κ1) is 14.2. The van der Waals surface area contributed by atoms with E-state index in [0.29, 0.717) is 22.8 Å². The fourth-order valence-corrected chi connectivity index (χ4v) is 1.76. The van der Waals surface area contributed by atoms with E-state index in [9.17, 15) is 0 Å². The summed E-state index contributed by atoms with van der Waals surface area (Å²) in [6.07, 6.45) is 4.93. The summed E-state index contributed by atoms with van der Waals surface area (Å²) in [7, 11) is 0. The van der Waals surface area contributed by atoms with E-state index in [1.807, 2.05) is 18.2 Å². The Morgan fingerprint density at radius 2 is 2.05 bits per heavy atom. The molecule has 1 heterocycles. The summed E-state index contributed by atoms with van der Waals surface area (Å²) in [4.78, 5) is 0. The lowest BCUT2D eigenvalue weighted by Gasteiger charge is -2.06. The molecule has 5 heteroatoms. The van der Waals surface area contributed by atoms with Crippen molar-refractivity contribution in [3.63, 3.8) is 0 Å². The minimum Gasteiger partial charge on any atom is -0.457 e. The van der Waals surface area contributed by atoms with Crippen molar-refractivity contribution in [3.8, 4) is 23.1 Å². The number of rotatable bonds is 5. The Hall–Kier alpha value is -3.26. The molecule has 1 aromatic carbocycles. The number of nitrogens with two attached hydrogens (primary N) is 1. The average molecular weight is 278 g/mol. The van der Waals surface area contributed by atoms with Crippen LogP contribution >= 0.6 is 0 Å². The van der Waals surface area contributed by atoms with E-state index in [4.69, 9.17) is 15.7 Å². The van der Waals surface area contributed by atoms with Crippen molar-refractivity contribution in [2.45, 2.75) is 0 Å². The normalized spacial score (nSPS) is 10.7. The summed E-state index contributed by atoms with van der Waals surface area (Å²) in [5.74, 6) is 1.44. The van der Waals surface area contributed by atoms with Crippen molar-refractivity contribution in [2.75, 3.05) is 5.73 Å². The highest BCUT2D eigenvalue weighted by Crippen LogP contribution is 2.26. The molecule has 0 bridgehead atoms. The molecule has 104 valence electrons. The van der Waals surface area contributed by atoms with Crippen molar-refractivity contribution in [1.29, 1.82) is 5.26 Å². The number of nitrogen functional groups attached to an aromatic ring is 1. The van der Waals surface area contributed by atoms with Gasteiger partial charge in [-0.25, -0.2) is 0 Å². The molecule has 0 aliphatic heterocycles. The number of benzene rings is 1. The van der Waals surface area contributed by atoms with Gasteiger partial charge in [0.25, 0.3) is 0 Å². The molecule has 2 aromatic rings. The van der Waals surface area contributed by atoms with Gasteiger partial charge in [0.05, 0.1) is 5.69 Å². The average Bonchev–Trinajstić information content (AvgIpc) is 2.88. The van der Waals surface area contributed by atoms with Gasteiger partial charge >= 0.3 is 0 Å². The number of ether oxygens (including phenoxy) is 1. The molecule has 0 radical (unpaired) electrons. The second-order valence-corrected chi connectivity index (χ2v) is 4.11. The Morgan fingerprint density at radius 1 is 1.33 bits per heavy atom. The highest BCUT2D eigenvalue weighted by molar-refractivity contribution is 5.72. The van der Waals surface area contributed by atoms with Gasteiger partial charge in [0, 0.05) is 5.56 Å². The standard InChI is InChI=1S/C16H14N4O/c1-3-5-12(4-2)21-13-8-6-11(7-9-13)15-14(10-17)16(18)20-19-15/h3-9H,1-2H2,(H3,18,19,20)/b12-5+. The Balaban J connectivity index is 2.27. The monoisotopic (exact) mass is 278 g/mol. The predicted octanol–water partition coefficient (Wildman–Crippen LogP) is 3.17. The SMILES string of the molecule is C=C/C=C(\C=C)Oc1ccc(-c2[nH]nc(N)c2C#N)cc1. The van der Waals surface area contributed by atoms with Crippen LogP contribution in [0.15, 0.2) is 61.4 Å². The zero-order chi connectivity index (χ0) is 15.2. The maximum atomic E-state index is 9.07. The molecule has 2 rings (SSSR count). The summed E-state index contributed by atoms with van der Waals surface area (Å²) in [6.45, 7) is 7.27. The van der Waals surface area contributed by atoms with E-state index < -0.39 is 0 Å². The number of anilines is 1. The number of hydrogen-bond donors (Lipinski definition) is 2. The smallest absolute Gasteiger partial charge is 0.163 e. The third-order valence-electron chi connectivity index (χ3n) is 2.77. The van der Waals surface area contributed by atoms with Crippen LogP contribution in [0, 0.1) is 11.3 Å². The molecule has 0 unspecified atom stereocenters. The number of nitriles is 1. The van der Waals surface area contributed by atoms with E-state index in [1.54, 1.807) is 30.4 Å². The van der Waals surface area contributed by atoms with Crippen LogP contribution in [-0.4, -0.2) is 10.2 Å². The van der Waals surface area contributed by atoms with E-state index in [0.717, 1.165) is 5.56 Å². The van der Waals surface area contributed by atoms with Crippen LogP contribution in [0.5, 0.6) is 5.75 Å². The third kappa shape index (κ3) is 3.01. The molecule has 3 N–H and O–H groups in total. The predicted molar refractivity (Wildman–Crippen MR) is 82.3 cm³/mol. The second kappa shape index (κ2) is 6.26. The maximum Gasteiger partial charge on any atom is 0.163 e. The molecular formula is C16H14N4O. The minimum absolute atomic E-state index is 0.190. The number of H-pyrrole nitrogens is 1. The molecule has 0 aliphatic rings. The van der Waals surface area contributed by atoms with Crippen LogP contribution in [0.25, 0.3) is 11.3 Å². The van der Waals surface area contributed by atoms with E-state index in [1.165, 1.54) is 0 Å². The summed E-state index contributed by atoms with van der Waals surface area (Å²) < 4.78 is 5.61. The van der Waals surface area contributed by atoms with Crippen molar-refractivity contribution in [1.82, 2.24) is 10.2 Å². The van der Waals surface area contributed by atoms with Crippen LogP contribution in [-0.2, 0) is 0 Å². The highest BCUT2D eigenvalue weighted by Gasteiger charge is 2.12. The Labute approximate surface area is 122 Å². The largest absolute Gasteiger partial charge is 0.457 e. The molecule has 1 aromatic heterocycles. The summed E-state index contributed by atoms with van der Waals surface area (Å²) in [6, 6.07) is 9.24.